The average Bonchev–Trinajstić information content (AvgIpc) is 2.91. The maximum absolute atomic E-state index is 11.6. The second-order valence-electron chi connectivity index (χ2n) is 4.16. The Balaban J connectivity index is 2.34. The lowest BCUT2D eigenvalue weighted by Gasteiger charge is -2.03. The minimum atomic E-state index is -0.491. The molecule has 2 N–H and O–H groups in total. The number of nitrogens with zero attached hydrogens (tertiary/aromatic N) is 3. The van der Waals surface area contributed by atoms with Crippen molar-refractivity contribution in [3.8, 4) is 11.3 Å². The normalized spacial score (nSPS) is 10.9. The van der Waals surface area contributed by atoms with Gasteiger partial charge in [-0.1, -0.05) is 18.2 Å². The Morgan fingerprint density at radius 1 is 1.33 bits per heavy atom. The highest BCUT2D eigenvalue weighted by Crippen LogP contribution is 2.27. The molecule has 0 aliphatic carbocycles. The monoisotopic (exact) mass is 240 g/mol. The first kappa shape index (κ1) is 10.6. The van der Waals surface area contributed by atoms with Crippen LogP contribution in [-0.4, -0.2) is 20.4 Å². The lowest BCUT2D eigenvalue weighted by Crippen LogP contribution is -2.19. The zero-order valence-corrected chi connectivity index (χ0v) is 9.87. The van der Waals surface area contributed by atoms with Crippen molar-refractivity contribution in [3.63, 3.8) is 0 Å². The number of amides is 1. The third kappa shape index (κ3) is 1.48. The molecular formula is C13H12N4O. The average molecular weight is 240 g/mol. The first-order valence-electron chi connectivity index (χ1n) is 5.56. The predicted octanol–water partition coefficient (Wildman–Crippen LogP) is 1.97. The van der Waals surface area contributed by atoms with E-state index in [1.807, 2.05) is 43.6 Å². The number of hydrogen-bond acceptors (Lipinski definition) is 2. The van der Waals surface area contributed by atoms with Gasteiger partial charge in [-0.2, -0.15) is 5.10 Å². The molecule has 3 aromatic rings. The molecule has 3 rings (SSSR count). The number of carbonyl (C=O) groups excluding carboxylic acids is 1. The lowest BCUT2D eigenvalue weighted by atomic mass is 10.2. The Bertz CT molecular complexity index is 738. The van der Waals surface area contributed by atoms with E-state index in [2.05, 4.69) is 5.10 Å². The molecule has 0 bridgehead atoms. The van der Waals surface area contributed by atoms with Crippen LogP contribution < -0.4 is 5.73 Å². The highest BCUT2D eigenvalue weighted by molar-refractivity contribution is 5.97. The van der Waals surface area contributed by atoms with Gasteiger partial charge in [0.1, 0.15) is 0 Å². The standard InChI is InChI=1S/C13H12N4O/c1-16-8-10(7-15-16)12-6-9-4-2-3-5-11(9)17(12)13(14)18/h2-8H,1H3,(H2,14,18). The molecule has 0 atom stereocenters. The van der Waals surface area contributed by atoms with Crippen LogP contribution in [0.4, 0.5) is 4.79 Å². The molecule has 0 saturated heterocycles. The van der Waals surface area contributed by atoms with Gasteiger partial charge in [-0.15, -0.1) is 0 Å². The number of primary amides is 1. The van der Waals surface area contributed by atoms with Crippen molar-refractivity contribution in [2.75, 3.05) is 0 Å². The summed E-state index contributed by atoms with van der Waals surface area (Å²) >= 11 is 0. The molecule has 90 valence electrons. The Labute approximate surface area is 103 Å². The first-order valence-corrected chi connectivity index (χ1v) is 5.56. The van der Waals surface area contributed by atoms with Crippen LogP contribution in [-0.2, 0) is 7.05 Å². The summed E-state index contributed by atoms with van der Waals surface area (Å²) in [6.45, 7) is 0. The number of fused-ring (bicyclic) bond motifs is 1. The number of benzene rings is 1. The molecule has 0 radical (unpaired) electrons. The minimum Gasteiger partial charge on any atom is -0.351 e. The second kappa shape index (κ2) is 3.73. The molecular weight excluding hydrogens is 228 g/mol. The first-order chi connectivity index (χ1) is 8.66. The van der Waals surface area contributed by atoms with Crippen molar-refractivity contribution in [1.29, 1.82) is 0 Å². The van der Waals surface area contributed by atoms with Gasteiger partial charge in [0.05, 0.1) is 17.4 Å². The van der Waals surface area contributed by atoms with Crippen LogP contribution in [0.25, 0.3) is 22.2 Å². The third-order valence-electron chi connectivity index (χ3n) is 2.93. The Kier molecular flexibility index (Phi) is 2.19. The Morgan fingerprint density at radius 3 is 2.78 bits per heavy atom. The van der Waals surface area contributed by atoms with Crippen molar-refractivity contribution in [2.24, 2.45) is 12.8 Å². The summed E-state index contributed by atoms with van der Waals surface area (Å²) in [5, 5.41) is 5.10. The van der Waals surface area contributed by atoms with Gasteiger partial charge in [-0.25, -0.2) is 4.79 Å². The molecule has 5 nitrogen and oxygen atoms in total. The highest BCUT2D eigenvalue weighted by Gasteiger charge is 2.14. The van der Waals surface area contributed by atoms with Crippen LogP contribution in [0.3, 0.4) is 0 Å². The molecule has 0 aliphatic heterocycles. The van der Waals surface area contributed by atoms with Gasteiger partial charge in [-0.3, -0.25) is 9.25 Å². The minimum absolute atomic E-state index is 0.491. The van der Waals surface area contributed by atoms with E-state index in [1.165, 1.54) is 4.57 Å². The second-order valence-corrected chi connectivity index (χ2v) is 4.16. The number of nitrogens with two attached hydrogens (primary N) is 1. The van der Waals surface area contributed by atoms with Crippen molar-refractivity contribution < 1.29 is 4.79 Å². The summed E-state index contributed by atoms with van der Waals surface area (Å²) in [4.78, 5) is 11.6. The number of carbonyl (C=O) groups is 1. The zero-order valence-electron chi connectivity index (χ0n) is 9.87. The molecule has 18 heavy (non-hydrogen) atoms. The van der Waals surface area contributed by atoms with Gasteiger partial charge in [0.2, 0.25) is 0 Å². The van der Waals surface area contributed by atoms with Crippen LogP contribution >= 0.6 is 0 Å². The fourth-order valence-corrected chi connectivity index (χ4v) is 2.16. The van der Waals surface area contributed by atoms with Crippen molar-refractivity contribution in [2.45, 2.75) is 0 Å². The van der Waals surface area contributed by atoms with Gasteiger partial charge < -0.3 is 5.73 Å². The van der Waals surface area contributed by atoms with E-state index in [9.17, 15) is 4.79 Å². The summed E-state index contributed by atoms with van der Waals surface area (Å²) in [6.07, 6.45) is 3.57. The molecule has 0 spiro atoms. The van der Waals surface area contributed by atoms with Gasteiger partial charge in [0.25, 0.3) is 0 Å². The topological polar surface area (TPSA) is 65.8 Å². The number of aryl methyl sites for hydroxylation is 1. The fourth-order valence-electron chi connectivity index (χ4n) is 2.16. The molecule has 0 saturated carbocycles. The maximum Gasteiger partial charge on any atom is 0.323 e. The predicted molar refractivity (Wildman–Crippen MR) is 69.1 cm³/mol. The van der Waals surface area contributed by atoms with Crippen LogP contribution in [0.2, 0.25) is 0 Å². The summed E-state index contributed by atoms with van der Waals surface area (Å²) in [7, 11) is 1.83. The van der Waals surface area contributed by atoms with E-state index in [0.717, 1.165) is 22.2 Å². The Morgan fingerprint density at radius 2 is 2.11 bits per heavy atom. The Hall–Kier alpha value is -2.56. The van der Waals surface area contributed by atoms with Crippen LogP contribution in [0, 0.1) is 0 Å². The largest absolute Gasteiger partial charge is 0.351 e. The molecule has 5 heteroatoms. The number of rotatable bonds is 1. The van der Waals surface area contributed by atoms with E-state index in [1.54, 1.807) is 10.9 Å². The number of aromatic nitrogens is 3. The number of para-hydroxylation sites is 1. The third-order valence-corrected chi connectivity index (χ3v) is 2.93. The summed E-state index contributed by atoms with van der Waals surface area (Å²) < 4.78 is 3.20. The molecule has 2 heterocycles. The van der Waals surface area contributed by atoms with Crippen LogP contribution in [0.15, 0.2) is 42.7 Å². The van der Waals surface area contributed by atoms with Crippen LogP contribution in [0.5, 0.6) is 0 Å². The summed E-state index contributed by atoms with van der Waals surface area (Å²) in [6, 6.07) is 9.09. The smallest absolute Gasteiger partial charge is 0.323 e. The van der Waals surface area contributed by atoms with E-state index in [-0.39, 0.29) is 0 Å². The maximum atomic E-state index is 11.6. The van der Waals surface area contributed by atoms with Crippen molar-refractivity contribution in [1.82, 2.24) is 14.3 Å². The van der Waals surface area contributed by atoms with E-state index < -0.39 is 6.03 Å². The lowest BCUT2D eigenvalue weighted by molar-refractivity contribution is 0.251. The molecule has 2 aromatic heterocycles. The van der Waals surface area contributed by atoms with Crippen molar-refractivity contribution >= 4 is 16.9 Å². The molecule has 1 amide bonds. The SMILES string of the molecule is Cn1cc(-c2cc3ccccc3n2C(N)=O)cn1. The molecule has 0 fully saturated rings. The van der Waals surface area contributed by atoms with Gasteiger partial charge >= 0.3 is 6.03 Å². The molecule has 0 unspecified atom stereocenters. The van der Waals surface area contributed by atoms with E-state index in [4.69, 9.17) is 5.73 Å². The van der Waals surface area contributed by atoms with E-state index in [0.29, 0.717) is 0 Å². The highest BCUT2D eigenvalue weighted by atomic mass is 16.2. The van der Waals surface area contributed by atoms with Crippen molar-refractivity contribution in [3.05, 3.63) is 42.7 Å². The summed E-state index contributed by atoms with van der Waals surface area (Å²) in [5.41, 5.74) is 7.90. The molecule has 1 aromatic carbocycles. The summed E-state index contributed by atoms with van der Waals surface area (Å²) in [5.74, 6) is 0. The van der Waals surface area contributed by atoms with Gasteiger partial charge in [0.15, 0.2) is 0 Å². The quantitative estimate of drug-likeness (QED) is 0.706. The fraction of sp³-hybridized carbons (Fsp3) is 0.0769. The van der Waals surface area contributed by atoms with Gasteiger partial charge in [0, 0.05) is 24.2 Å². The number of hydrogen-bond donors (Lipinski definition) is 1. The van der Waals surface area contributed by atoms with Crippen LogP contribution in [0.1, 0.15) is 0 Å². The molecule has 0 aliphatic rings. The zero-order chi connectivity index (χ0) is 12.7. The van der Waals surface area contributed by atoms with Gasteiger partial charge in [-0.05, 0) is 12.1 Å². The van der Waals surface area contributed by atoms with E-state index >= 15 is 0 Å².